The van der Waals surface area contributed by atoms with Crippen LogP contribution in [0.3, 0.4) is 0 Å². The molecule has 1 saturated carbocycles. The van der Waals surface area contributed by atoms with Gasteiger partial charge in [-0.05, 0) is 39.7 Å². The third-order valence-corrected chi connectivity index (χ3v) is 3.90. The van der Waals surface area contributed by atoms with Gasteiger partial charge in [-0.3, -0.25) is 9.69 Å². The van der Waals surface area contributed by atoms with Gasteiger partial charge in [-0.1, -0.05) is 13.8 Å². The number of hydrogen-bond donors (Lipinski definition) is 0. The van der Waals surface area contributed by atoms with Crippen LogP contribution in [-0.4, -0.2) is 29.3 Å². The summed E-state index contributed by atoms with van der Waals surface area (Å²) in [5.41, 5.74) is 0.398. The lowest BCUT2D eigenvalue weighted by Gasteiger charge is -2.48. The number of hydrogen-bond acceptors (Lipinski definition) is 2. The summed E-state index contributed by atoms with van der Waals surface area (Å²) in [5.74, 6) is 0.426. The molecule has 0 radical (unpaired) electrons. The Balaban J connectivity index is 2.85. The van der Waals surface area contributed by atoms with Crippen LogP contribution in [0.1, 0.15) is 53.9 Å². The van der Waals surface area contributed by atoms with Crippen molar-refractivity contribution in [1.29, 1.82) is 0 Å². The van der Waals surface area contributed by atoms with Crippen molar-refractivity contribution in [2.24, 2.45) is 5.41 Å². The van der Waals surface area contributed by atoms with Gasteiger partial charge in [0.05, 0.1) is 0 Å². The van der Waals surface area contributed by atoms with Crippen molar-refractivity contribution in [3.63, 3.8) is 0 Å². The first kappa shape index (κ1) is 12.7. The molecule has 0 N–H and O–H groups in total. The number of nitrogens with zero attached hydrogens (tertiary/aromatic N) is 1. The summed E-state index contributed by atoms with van der Waals surface area (Å²) >= 11 is 0. The van der Waals surface area contributed by atoms with Crippen LogP contribution in [-0.2, 0) is 4.79 Å². The quantitative estimate of drug-likeness (QED) is 0.664. The van der Waals surface area contributed by atoms with Crippen LogP contribution in [0.2, 0.25) is 0 Å². The lowest BCUT2D eigenvalue weighted by atomic mass is 9.71. The molecule has 15 heavy (non-hydrogen) atoms. The predicted molar refractivity (Wildman–Crippen MR) is 63.9 cm³/mol. The van der Waals surface area contributed by atoms with Crippen LogP contribution >= 0.6 is 0 Å². The Morgan fingerprint density at radius 3 is 2.33 bits per heavy atom. The first-order valence-electron chi connectivity index (χ1n) is 5.89. The van der Waals surface area contributed by atoms with Gasteiger partial charge in [-0.25, -0.2) is 0 Å². The molecule has 1 unspecified atom stereocenters. The Kier molecular flexibility index (Phi) is 3.30. The van der Waals surface area contributed by atoms with Gasteiger partial charge in [0.1, 0.15) is 5.78 Å². The second kappa shape index (κ2) is 3.89. The summed E-state index contributed by atoms with van der Waals surface area (Å²) in [4.78, 5) is 13.9. The highest BCUT2D eigenvalue weighted by Gasteiger charge is 2.40. The third-order valence-electron chi connectivity index (χ3n) is 3.90. The SMILES string of the molecule is CN(C1CC(=O)CCC1(C)C)C(C)(C)C. The highest BCUT2D eigenvalue weighted by atomic mass is 16.1. The molecule has 1 rings (SSSR count). The van der Waals surface area contributed by atoms with E-state index in [2.05, 4.69) is 46.6 Å². The minimum atomic E-state index is 0.138. The van der Waals surface area contributed by atoms with Crippen molar-refractivity contribution in [3.8, 4) is 0 Å². The van der Waals surface area contributed by atoms with Crippen LogP contribution in [0.25, 0.3) is 0 Å². The fraction of sp³-hybridized carbons (Fsp3) is 0.923. The van der Waals surface area contributed by atoms with Crippen molar-refractivity contribution >= 4 is 5.78 Å². The molecule has 1 aliphatic carbocycles. The van der Waals surface area contributed by atoms with Crippen molar-refractivity contribution < 1.29 is 4.79 Å². The summed E-state index contributed by atoms with van der Waals surface area (Å²) < 4.78 is 0. The lowest BCUT2D eigenvalue weighted by Crippen LogP contribution is -2.54. The zero-order chi connectivity index (χ0) is 11.9. The summed E-state index contributed by atoms with van der Waals surface area (Å²) in [5, 5.41) is 0. The smallest absolute Gasteiger partial charge is 0.134 e. The molecule has 0 bridgehead atoms. The van der Waals surface area contributed by atoms with E-state index in [4.69, 9.17) is 0 Å². The van der Waals surface area contributed by atoms with Gasteiger partial charge >= 0.3 is 0 Å². The minimum absolute atomic E-state index is 0.138. The molecule has 0 aromatic carbocycles. The molecule has 0 heterocycles. The Morgan fingerprint density at radius 2 is 1.87 bits per heavy atom. The average Bonchev–Trinajstić information content (AvgIpc) is 2.06. The van der Waals surface area contributed by atoms with Crippen LogP contribution in [0, 0.1) is 5.41 Å². The van der Waals surface area contributed by atoms with E-state index in [9.17, 15) is 4.79 Å². The van der Waals surface area contributed by atoms with Gasteiger partial charge in [0, 0.05) is 24.4 Å². The van der Waals surface area contributed by atoms with E-state index < -0.39 is 0 Å². The summed E-state index contributed by atoms with van der Waals surface area (Å²) in [6, 6.07) is 0.388. The van der Waals surface area contributed by atoms with Gasteiger partial charge in [-0.15, -0.1) is 0 Å². The van der Waals surface area contributed by atoms with Crippen molar-refractivity contribution in [3.05, 3.63) is 0 Å². The highest BCUT2D eigenvalue weighted by molar-refractivity contribution is 5.80. The molecule has 0 aliphatic heterocycles. The highest BCUT2D eigenvalue weighted by Crippen LogP contribution is 2.38. The average molecular weight is 211 g/mol. The molecule has 0 amide bonds. The number of carbonyl (C=O) groups is 1. The standard InChI is InChI=1S/C13H25NO/c1-12(2,3)14(6)11-9-10(15)7-8-13(11,4)5/h11H,7-9H2,1-6H3. The number of ketones is 1. The topological polar surface area (TPSA) is 20.3 Å². The van der Waals surface area contributed by atoms with Gasteiger partial charge in [-0.2, -0.15) is 0 Å². The van der Waals surface area contributed by atoms with Crippen molar-refractivity contribution in [2.75, 3.05) is 7.05 Å². The summed E-state index contributed by atoms with van der Waals surface area (Å²) in [6.07, 6.45) is 2.51. The van der Waals surface area contributed by atoms with Gasteiger partial charge in [0.25, 0.3) is 0 Å². The molecule has 88 valence electrons. The van der Waals surface area contributed by atoms with E-state index in [1.807, 2.05) is 0 Å². The van der Waals surface area contributed by atoms with E-state index >= 15 is 0 Å². The molecular weight excluding hydrogens is 186 g/mol. The Hall–Kier alpha value is -0.370. The fourth-order valence-corrected chi connectivity index (χ4v) is 2.35. The van der Waals surface area contributed by atoms with Crippen LogP contribution in [0.4, 0.5) is 0 Å². The van der Waals surface area contributed by atoms with Crippen LogP contribution in [0.15, 0.2) is 0 Å². The summed E-state index contributed by atoms with van der Waals surface area (Å²) in [6.45, 7) is 11.2. The van der Waals surface area contributed by atoms with E-state index in [0.717, 1.165) is 19.3 Å². The van der Waals surface area contributed by atoms with Gasteiger partial charge in [0.15, 0.2) is 0 Å². The first-order chi connectivity index (χ1) is 6.64. The number of rotatable bonds is 1. The first-order valence-corrected chi connectivity index (χ1v) is 5.89. The molecule has 1 fully saturated rings. The maximum absolute atomic E-state index is 11.6. The zero-order valence-electron chi connectivity index (χ0n) is 11.1. The molecule has 0 aromatic heterocycles. The van der Waals surface area contributed by atoms with E-state index in [-0.39, 0.29) is 11.0 Å². The van der Waals surface area contributed by atoms with Crippen LogP contribution < -0.4 is 0 Å². The molecule has 1 atom stereocenters. The van der Waals surface area contributed by atoms with Crippen LogP contribution in [0.5, 0.6) is 0 Å². The largest absolute Gasteiger partial charge is 0.300 e. The monoisotopic (exact) mass is 211 g/mol. The Labute approximate surface area is 94.0 Å². The lowest BCUT2D eigenvalue weighted by molar-refractivity contribution is -0.126. The van der Waals surface area contributed by atoms with E-state index in [0.29, 0.717) is 11.8 Å². The molecule has 2 nitrogen and oxygen atoms in total. The normalized spacial score (nSPS) is 27.1. The Bertz CT molecular complexity index is 250. The number of carbonyl (C=O) groups excluding carboxylic acids is 1. The van der Waals surface area contributed by atoms with E-state index in [1.165, 1.54) is 0 Å². The molecular formula is C13H25NO. The Morgan fingerprint density at radius 1 is 1.33 bits per heavy atom. The third kappa shape index (κ3) is 2.81. The van der Waals surface area contributed by atoms with Crippen molar-refractivity contribution in [2.45, 2.75) is 65.5 Å². The van der Waals surface area contributed by atoms with Gasteiger partial charge < -0.3 is 0 Å². The van der Waals surface area contributed by atoms with Gasteiger partial charge in [0.2, 0.25) is 0 Å². The molecule has 1 aliphatic rings. The molecule has 0 spiro atoms. The maximum atomic E-state index is 11.6. The predicted octanol–water partition coefficient (Wildman–Crippen LogP) is 2.86. The molecule has 2 heteroatoms. The maximum Gasteiger partial charge on any atom is 0.134 e. The summed E-state index contributed by atoms with van der Waals surface area (Å²) in [7, 11) is 2.14. The van der Waals surface area contributed by atoms with E-state index in [1.54, 1.807) is 0 Å². The molecule has 0 saturated heterocycles. The second-order valence-electron chi connectivity index (χ2n) is 6.53. The fourth-order valence-electron chi connectivity index (χ4n) is 2.35. The molecule has 0 aromatic rings. The number of Topliss-reactive ketones (excluding diaryl/α,β-unsaturated/α-hetero) is 1. The second-order valence-corrected chi connectivity index (χ2v) is 6.53. The van der Waals surface area contributed by atoms with Crippen molar-refractivity contribution in [1.82, 2.24) is 4.90 Å². The zero-order valence-corrected chi connectivity index (χ0v) is 11.1. The minimum Gasteiger partial charge on any atom is -0.300 e.